The Labute approximate surface area is 232 Å². The van der Waals surface area contributed by atoms with E-state index in [4.69, 9.17) is 0 Å². The average molecular weight is 533 g/mol. The Balaban J connectivity index is 0.000000604. The molecular formula is C34H42ClOP. The molecule has 0 atom stereocenters. The Morgan fingerprint density at radius 3 is 1.03 bits per heavy atom. The Hall–Kier alpha value is -2.60. The topological polar surface area (TPSA) is 20.2 Å². The van der Waals surface area contributed by atoms with Crippen LogP contribution in [0.3, 0.4) is 0 Å². The molecule has 4 aromatic rings. The van der Waals surface area contributed by atoms with E-state index in [0.717, 1.165) is 12.8 Å². The zero-order valence-corrected chi connectivity index (χ0v) is 24.9. The van der Waals surface area contributed by atoms with Crippen LogP contribution in [0, 0.1) is 10.8 Å². The van der Waals surface area contributed by atoms with E-state index in [-0.39, 0.29) is 23.2 Å². The number of benzene rings is 4. The SMILES string of the molecule is CC(C)(C)Cc1ccc([PH+](c2ccc(O)cc2)c2ccc(CC(C)(C)C)cc2)cc1.[Cl-].c1ccccc1. The van der Waals surface area contributed by atoms with Crippen LogP contribution >= 0.6 is 7.92 Å². The van der Waals surface area contributed by atoms with Gasteiger partial charge in [0.2, 0.25) is 0 Å². The van der Waals surface area contributed by atoms with Gasteiger partial charge in [0, 0.05) is 0 Å². The highest BCUT2D eigenvalue weighted by Gasteiger charge is 2.26. The second-order valence-corrected chi connectivity index (χ2v) is 14.4. The first-order valence-electron chi connectivity index (χ1n) is 12.9. The maximum Gasteiger partial charge on any atom is 0.115 e. The van der Waals surface area contributed by atoms with Gasteiger partial charge < -0.3 is 17.5 Å². The lowest BCUT2D eigenvalue weighted by Gasteiger charge is -2.19. The smallest absolute Gasteiger partial charge is 0.115 e. The van der Waals surface area contributed by atoms with Crippen LogP contribution in [0.2, 0.25) is 0 Å². The number of aromatic hydroxyl groups is 1. The van der Waals surface area contributed by atoms with E-state index in [1.165, 1.54) is 27.0 Å². The molecule has 1 nitrogen and oxygen atoms in total. The molecular weight excluding hydrogens is 491 g/mol. The largest absolute Gasteiger partial charge is 1.00 e. The van der Waals surface area contributed by atoms with Gasteiger partial charge in [0.25, 0.3) is 0 Å². The van der Waals surface area contributed by atoms with Crippen molar-refractivity contribution in [3.8, 4) is 5.75 Å². The minimum Gasteiger partial charge on any atom is -1.00 e. The van der Waals surface area contributed by atoms with Crippen LogP contribution in [-0.2, 0) is 12.8 Å². The molecule has 0 bridgehead atoms. The average Bonchev–Trinajstić information content (AvgIpc) is 2.82. The summed E-state index contributed by atoms with van der Waals surface area (Å²) < 4.78 is 0. The van der Waals surface area contributed by atoms with Crippen molar-refractivity contribution in [2.45, 2.75) is 54.4 Å². The lowest BCUT2D eigenvalue weighted by atomic mass is 9.88. The van der Waals surface area contributed by atoms with Gasteiger partial charge in [0.15, 0.2) is 0 Å². The number of hydrogen-bond donors (Lipinski definition) is 1. The van der Waals surface area contributed by atoms with Gasteiger partial charge in [0.1, 0.15) is 21.7 Å². The van der Waals surface area contributed by atoms with E-state index in [9.17, 15) is 5.11 Å². The second-order valence-electron chi connectivity index (χ2n) is 11.9. The highest BCUT2D eigenvalue weighted by molar-refractivity contribution is 7.79. The van der Waals surface area contributed by atoms with Gasteiger partial charge in [-0.15, -0.1) is 0 Å². The summed E-state index contributed by atoms with van der Waals surface area (Å²) in [5, 5.41) is 13.8. The zero-order chi connectivity index (χ0) is 26.2. The van der Waals surface area contributed by atoms with Crippen molar-refractivity contribution >= 4 is 23.8 Å². The summed E-state index contributed by atoms with van der Waals surface area (Å²) in [5.41, 5.74) is 3.35. The normalized spacial score (nSPS) is 11.3. The quantitative estimate of drug-likeness (QED) is 0.368. The third kappa shape index (κ3) is 10.7. The number of phenolic OH excluding ortho intramolecular Hbond substituents is 1. The van der Waals surface area contributed by atoms with Crippen molar-refractivity contribution in [2.75, 3.05) is 0 Å². The molecule has 37 heavy (non-hydrogen) atoms. The van der Waals surface area contributed by atoms with Gasteiger partial charge in [-0.2, -0.15) is 0 Å². The first kappa shape index (κ1) is 30.6. The van der Waals surface area contributed by atoms with Gasteiger partial charge >= 0.3 is 0 Å². The summed E-state index contributed by atoms with van der Waals surface area (Å²) >= 11 is 0. The zero-order valence-electron chi connectivity index (χ0n) is 23.1. The molecule has 0 aromatic heterocycles. The molecule has 4 aromatic carbocycles. The fraction of sp³-hybridized carbons (Fsp3) is 0.294. The van der Waals surface area contributed by atoms with E-state index >= 15 is 0 Å². The summed E-state index contributed by atoms with van der Waals surface area (Å²) in [5.74, 6) is 0.321. The number of halogens is 1. The highest BCUT2D eigenvalue weighted by Crippen LogP contribution is 2.34. The van der Waals surface area contributed by atoms with Crippen molar-refractivity contribution in [1.29, 1.82) is 0 Å². The molecule has 0 saturated carbocycles. The first-order chi connectivity index (χ1) is 17.0. The van der Waals surface area contributed by atoms with Crippen LogP contribution in [0.5, 0.6) is 5.75 Å². The minimum absolute atomic E-state index is 0. The third-order valence-corrected chi connectivity index (χ3v) is 8.51. The summed E-state index contributed by atoms with van der Waals surface area (Å²) in [4.78, 5) is 0. The predicted molar refractivity (Wildman–Crippen MR) is 161 cm³/mol. The molecule has 0 aliphatic rings. The predicted octanol–water partition coefficient (Wildman–Crippen LogP) is 4.75. The lowest BCUT2D eigenvalue weighted by molar-refractivity contribution is -0.00000980. The highest BCUT2D eigenvalue weighted by atomic mass is 35.5. The van der Waals surface area contributed by atoms with Crippen molar-refractivity contribution in [2.24, 2.45) is 10.8 Å². The maximum absolute atomic E-state index is 9.78. The Bertz CT molecular complexity index is 1080. The van der Waals surface area contributed by atoms with Crippen molar-refractivity contribution < 1.29 is 17.5 Å². The summed E-state index contributed by atoms with van der Waals surface area (Å²) in [7, 11) is -1.12. The Morgan fingerprint density at radius 2 is 0.757 bits per heavy atom. The molecule has 0 saturated heterocycles. The van der Waals surface area contributed by atoms with E-state index < -0.39 is 7.92 Å². The molecule has 0 heterocycles. The van der Waals surface area contributed by atoms with Gasteiger partial charge in [0.05, 0.1) is 7.92 Å². The summed E-state index contributed by atoms with van der Waals surface area (Å²) in [6, 6.07) is 38.2. The number of phenols is 1. The molecule has 196 valence electrons. The maximum atomic E-state index is 9.78. The van der Waals surface area contributed by atoms with Gasteiger partial charge in [-0.1, -0.05) is 102 Å². The van der Waals surface area contributed by atoms with Crippen LogP contribution in [0.1, 0.15) is 52.7 Å². The second kappa shape index (κ2) is 13.8. The Morgan fingerprint density at radius 1 is 0.486 bits per heavy atom. The minimum atomic E-state index is -1.12. The monoisotopic (exact) mass is 532 g/mol. The van der Waals surface area contributed by atoms with E-state index in [1.807, 2.05) is 48.5 Å². The van der Waals surface area contributed by atoms with Crippen LogP contribution in [0.25, 0.3) is 0 Å². The molecule has 1 N–H and O–H groups in total. The fourth-order valence-electron chi connectivity index (χ4n) is 4.32. The molecule has 3 heteroatoms. The molecule has 0 radical (unpaired) electrons. The first-order valence-corrected chi connectivity index (χ1v) is 14.4. The van der Waals surface area contributed by atoms with Crippen LogP contribution in [0.15, 0.2) is 109 Å². The number of rotatable bonds is 5. The van der Waals surface area contributed by atoms with E-state index in [2.05, 4.69) is 102 Å². The number of hydrogen-bond acceptors (Lipinski definition) is 1. The molecule has 4 rings (SSSR count). The lowest BCUT2D eigenvalue weighted by Crippen LogP contribution is -3.00. The van der Waals surface area contributed by atoms with Crippen LogP contribution in [0.4, 0.5) is 0 Å². The molecule has 0 fully saturated rings. The van der Waals surface area contributed by atoms with Gasteiger partial charge in [-0.05, 0) is 83.3 Å². The Kier molecular flexibility index (Phi) is 11.4. The van der Waals surface area contributed by atoms with E-state index in [1.54, 1.807) is 0 Å². The van der Waals surface area contributed by atoms with Crippen molar-refractivity contribution in [1.82, 2.24) is 0 Å². The molecule has 0 aliphatic heterocycles. The van der Waals surface area contributed by atoms with Crippen molar-refractivity contribution in [3.63, 3.8) is 0 Å². The van der Waals surface area contributed by atoms with E-state index in [0.29, 0.717) is 5.75 Å². The van der Waals surface area contributed by atoms with Gasteiger partial charge in [-0.25, -0.2) is 0 Å². The summed E-state index contributed by atoms with van der Waals surface area (Å²) in [6.45, 7) is 13.7. The molecule has 0 spiro atoms. The van der Waals surface area contributed by atoms with Crippen LogP contribution < -0.4 is 28.3 Å². The fourth-order valence-corrected chi connectivity index (χ4v) is 6.82. The third-order valence-electron chi connectivity index (χ3n) is 5.78. The van der Waals surface area contributed by atoms with Crippen molar-refractivity contribution in [3.05, 3.63) is 120 Å². The van der Waals surface area contributed by atoms with Gasteiger partial charge in [-0.3, -0.25) is 0 Å². The molecule has 0 aliphatic carbocycles. The summed E-state index contributed by atoms with van der Waals surface area (Å²) in [6.07, 6.45) is 2.16. The molecule has 0 amide bonds. The molecule has 0 unspecified atom stereocenters. The standard InChI is InChI=1S/C28H35OP.C6H6.ClH/c1-27(2,3)19-21-7-13-24(14-8-21)30(26-17-11-23(29)12-18-26)25-15-9-22(10-16-25)20-28(4,5)6;1-2-4-6-5-3-1;/h7-18,29H,19-20H2,1-6H3;1-6H;1H. The van der Waals surface area contributed by atoms with Crippen LogP contribution in [-0.4, -0.2) is 5.11 Å².